The maximum Gasteiger partial charge on any atom is 0.416 e. The fourth-order valence-electron chi connectivity index (χ4n) is 11.1. The van der Waals surface area contributed by atoms with Gasteiger partial charge in [-0.2, -0.15) is 132 Å². The van der Waals surface area contributed by atoms with Gasteiger partial charge in [-0.1, -0.05) is 146 Å². The van der Waals surface area contributed by atoms with Crippen molar-refractivity contribution in [3.05, 3.63) is 256 Å². The second kappa shape index (κ2) is 23.6. The number of halogens is 24. The van der Waals surface area contributed by atoms with Crippen LogP contribution in [0.25, 0.3) is 32.3 Å². The summed E-state index contributed by atoms with van der Waals surface area (Å²) < 4.78 is 343. The first-order valence-corrected chi connectivity index (χ1v) is 26.3. The summed E-state index contributed by atoms with van der Waals surface area (Å²) in [5, 5.41) is 7.37. The lowest BCUT2D eigenvalue weighted by atomic mass is 9.12. The van der Waals surface area contributed by atoms with Crippen molar-refractivity contribution >= 4 is 66.1 Å². The van der Waals surface area contributed by atoms with Crippen molar-refractivity contribution in [2.75, 3.05) is 0 Å². The molecule has 0 fully saturated rings. The molecule has 2 nitrogen and oxygen atoms in total. The van der Waals surface area contributed by atoms with Gasteiger partial charge in [0, 0.05) is 17.0 Å². The first-order chi connectivity index (χ1) is 42.0. The molecule has 0 saturated heterocycles. The minimum atomic E-state index is -6.13. The molecule has 27 heteroatoms. The molecule has 0 bridgehead atoms. The van der Waals surface area contributed by atoms with E-state index in [0.29, 0.717) is 6.54 Å². The predicted octanol–water partition coefficient (Wildman–Crippen LogP) is 18.1. The standard InChI is InChI=1S/C32H12BF24.C32H24NO/c34-25(35,36)13-1-14(26(37,38)39)6-21(5-13)33(22-7-15(27(40,41)42)2-16(8-22)28(43,44)45,23-9-17(29(46,47)48)3-18(10-23)30(49,50)51)24-11-19(31(52,53)54)4-20(12-24)32(55,56)57;34-32(24-11-2-1-3-12-24)22-33-19-18-23-10-4-9-17-29(23)31(33)21-30-27-15-7-5-13-25(27)20-26-14-6-8-16-28(26)30/h1-12H;1-20H,21-22H2/q-1;+1. The van der Waals surface area contributed by atoms with Crippen molar-refractivity contribution < 1.29 is 115 Å². The summed E-state index contributed by atoms with van der Waals surface area (Å²) in [4.78, 5) is 13.2. The van der Waals surface area contributed by atoms with Gasteiger partial charge in [0.2, 0.25) is 12.3 Å². The van der Waals surface area contributed by atoms with Crippen molar-refractivity contribution in [2.24, 2.45) is 0 Å². The molecule has 0 amide bonds. The van der Waals surface area contributed by atoms with Crippen LogP contribution in [0.15, 0.2) is 194 Å². The maximum absolute atomic E-state index is 14.2. The average Bonchev–Trinajstić information content (AvgIpc) is 0.711. The van der Waals surface area contributed by atoms with Crippen molar-refractivity contribution in [3.8, 4) is 0 Å². The van der Waals surface area contributed by atoms with Gasteiger partial charge < -0.3 is 0 Å². The first-order valence-electron chi connectivity index (χ1n) is 26.3. The largest absolute Gasteiger partial charge is 0.416 e. The van der Waals surface area contributed by atoms with Gasteiger partial charge in [0.25, 0.3) is 0 Å². The van der Waals surface area contributed by atoms with Gasteiger partial charge in [0.15, 0.2) is 11.9 Å². The van der Waals surface area contributed by atoms with E-state index in [9.17, 15) is 110 Å². The van der Waals surface area contributed by atoms with Gasteiger partial charge in [-0.15, -0.1) is 0 Å². The van der Waals surface area contributed by atoms with Crippen molar-refractivity contribution in [3.63, 3.8) is 0 Å². The van der Waals surface area contributed by atoms with Gasteiger partial charge >= 0.3 is 49.4 Å². The predicted molar refractivity (Wildman–Crippen MR) is 289 cm³/mol. The highest BCUT2D eigenvalue weighted by atomic mass is 19.4. The summed E-state index contributed by atoms with van der Waals surface area (Å²) in [5.41, 5.74) is -27.0. The summed E-state index contributed by atoms with van der Waals surface area (Å²) in [7, 11) is 0. The van der Waals surface area contributed by atoms with Crippen LogP contribution < -0.4 is 26.4 Å². The third-order valence-corrected chi connectivity index (χ3v) is 15.1. The Bertz CT molecular complexity index is 3890. The number of fused-ring (bicyclic) bond motifs is 3. The Labute approximate surface area is 497 Å². The molecule has 474 valence electrons. The van der Waals surface area contributed by atoms with E-state index in [0.717, 1.165) is 17.7 Å². The molecule has 0 atom stereocenters. The number of aromatic nitrogens is 1. The molecule has 1 aromatic heterocycles. The van der Waals surface area contributed by atoms with Crippen molar-refractivity contribution in [2.45, 2.75) is 62.4 Å². The molecule has 1 heterocycles. The van der Waals surface area contributed by atoms with Crippen LogP contribution in [0, 0.1) is 0 Å². The van der Waals surface area contributed by atoms with Crippen LogP contribution in [0.4, 0.5) is 105 Å². The normalized spacial score (nSPS) is 13.2. The van der Waals surface area contributed by atoms with Crippen LogP contribution in [0.2, 0.25) is 0 Å². The fraction of sp³-hybridized carbons (Fsp3) is 0.156. The van der Waals surface area contributed by atoms with E-state index >= 15 is 0 Å². The molecule has 10 aromatic rings. The third kappa shape index (κ3) is 14.1. The Balaban J connectivity index is 0.000000242. The Morgan fingerprint density at radius 1 is 0.308 bits per heavy atom. The molecular weight excluding hydrogens is 1270 g/mol. The van der Waals surface area contributed by atoms with Crippen LogP contribution >= 0.6 is 0 Å². The minimum Gasteiger partial charge on any atom is -0.287 e. The number of rotatable bonds is 9. The lowest BCUT2D eigenvalue weighted by Crippen LogP contribution is -2.75. The average molecular weight is 1300 g/mol. The number of alkyl halides is 24. The molecule has 0 aliphatic rings. The number of hydrogen-bond acceptors (Lipinski definition) is 1. The van der Waals surface area contributed by atoms with Gasteiger partial charge in [-0.3, -0.25) is 4.79 Å². The highest BCUT2D eigenvalue weighted by Gasteiger charge is 2.47. The molecule has 0 aliphatic carbocycles. The quantitative estimate of drug-likeness (QED) is 0.0464. The fourth-order valence-corrected chi connectivity index (χ4v) is 11.1. The summed E-state index contributed by atoms with van der Waals surface area (Å²) in [6, 6.07) is 30.8. The maximum atomic E-state index is 14.2. The smallest absolute Gasteiger partial charge is 0.287 e. The highest BCUT2D eigenvalue weighted by Crippen LogP contribution is 2.42. The Morgan fingerprint density at radius 3 is 0.890 bits per heavy atom. The van der Waals surface area contributed by atoms with E-state index in [1.807, 2.05) is 30.3 Å². The molecule has 0 spiro atoms. The van der Waals surface area contributed by atoms with Gasteiger partial charge in [0.05, 0.1) is 50.9 Å². The minimum absolute atomic E-state index is 0.116. The van der Waals surface area contributed by atoms with E-state index in [2.05, 4.69) is 95.7 Å². The molecule has 10 rings (SSSR count). The highest BCUT2D eigenvalue weighted by molar-refractivity contribution is 7.20. The van der Waals surface area contributed by atoms with E-state index in [4.69, 9.17) is 0 Å². The zero-order chi connectivity index (χ0) is 66.8. The lowest BCUT2D eigenvalue weighted by molar-refractivity contribution is -0.688. The van der Waals surface area contributed by atoms with E-state index < -0.39 is 195 Å². The van der Waals surface area contributed by atoms with E-state index in [-0.39, 0.29) is 5.78 Å². The third-order valence-electron chi connectivity index (χ3n) is 15.1. The topological polar surface area (TPSA) is 20.9 Å². The van der Waals surface area contributed by atoms with Gasteiger partial charge in [-0.25, -0.2) is 0 Å². The first kappa shape index (κ1) is 66.4. The zero-order valence-electron chi connectivity index (χ0n) is 45.4. The monoisotopic (exact) mass is 1300 g/mol. The Kier molecular flexibility index (Phi) is 17.3. The molecule has 0 N–H and O–H groups in total. The van der Waals surface area contributed by atoms with Crippen molar-refractivity contribution in [1.29, 1.82) is 0 Å². The Hall–Kier alpha value is -9.04. The van der Waals surface area contributed by atoms with Crippen LogP contribution in [0.5, 0.6) is 0 Å². The zero-order valence-corrected chi connectivity index (χ0v) is 45.4. The number of nitrogens with zero attached hydrogens (tertiary/aromatic N) is 1. The summed E-state index contributed by atoms with van der Waals surface area (Å²) >= 11 is 0. The molecule has 0 saturated carbocycles. The van der Waals surface area contributed by atoms with E-state index in [1.165, 1.54) is 37.9 Å². The van der Waals surface area contributed by atoms with Gasteiger partial charge in [0.1, 0.15) is 6.15 Å². The van der Waals surface area contributed by atoms with Gasteiger partial charge in [-0.05, 0) is 68.9 Å². The number of pyridine rings is 1. The molecular formula is C64H36BF24NO. The second-order valence-corrected chi connectivity index (χ2v) is 21.0. The van der Waals surface area contributed by atoms with Crippen LogP contribution in [0.1, 0.15) is 66.1 Å². The number of hydrogen-bond donors (Lipinski definition) is 0. The summed E-state index contributed by atoms with van der Waals surface area (Å²) in [6.45, 7) is 0.312. The molecule has 91 heavy (non-hydrogen) atoms. The van der Waals surface area contributed by atoms with Crippen LogP contribution in [-0.2, 0) is 62.4 Å². The molecule has 0 aliphatic heterocycles. The second-order valence-electron chi connectivity index (χ2n) is 21.0. The van der Waals surface area contributed by atoms with E-state index in [1.54, 1.807) is 0 Å². The van der Waals surface area contributed by atoms with Crippen LogP contribution in [-0.4, -0.2) is 11.9 Å². The lowest BCUT2D eigenvalue weighted by Gasteiger charge is -2.46. The van der Waals surface area contributed by atoms with Crippen molar-refractivity contribution in [1.82, 2.24) is 0 Å². The molecule has 9 aromatic carbocycles. The SMILES string of the molecule is FC(F)(F)c1cc([B-](c2cc(C(F)(F)F)cc(C(F)(F)F)c2)(c2cc(C(F)(F)F)cc(C(F)(F)F)c2)c2cc(C(F)(F)F)cc(C(F)(F)F)c2)cc(C(F)(F)F)c1.O=C(C[n+]1ccc2ccccc2c1Cc1c2ccccc2cc2ccccc12)c1ccccc1. The molecule has 0 radical (unpaired) electrons. The number of carbonyl (C=O) groups is 1. The molecule has 0 unspecified atom stereocenters. The number of benzene rings is 9. The Morgan fingerprint density at radius 2 is 0.582 bits per heavy atom. The number of ketones is 1. The number of Topliss-reactive ketones (excluding diaryl/α,β-unsaturated/α-hetero) is 1. The summed E-state index contributed by atoms with van der Waals surface area (Å²) in [5.74, 6) is 0.116. The van der Waals surface area contributed by atoms with Crippen LogP contribution in [0.3, 0.4) is 0 Å². The number of carbonyl (C=O) groups excluding carboxylic acids is 1. The summed E-state index contributed by atoms with van der Waals surface area (Å²) in [6.07, 6.45) is -52.0.